The number of rotatable bonds is 3. The number of aryl methyl sites for hydroxylation is 1. The molecule has 1 aliphatic carbocycles. The second-order valence-electron chi connectivity index (χ2n) is 8.85. The molecular weight excluding hydrogens is 416 g/mol. The molecule has 4 unspecified atom stereocenters. The molecule has 4 heterocycles. The molecular formula is C23H23ClN4OS. The van der Waals surface area contributed by atoms with Gasteiger partial charge in [0, 0.05) is 41.0 Å². The van der Waals surface area contributed by atoms with Crippen LogP contribution in [0.1, 0.15) is 52.1 Å². The number of thiophene rings is 1. The van der Waals surface area contributed by atoms with Crippen LogP contribution in [0.15, 0.2) is 29.6 Å². The molecule has 1 amide bonds. The highest BCUT2D eigenvalue weighted by Gasteiger charge is 2.43. The minimum atomic E-state index is 0.110. The molecule has 3 fully saturated rings. The summed E-state index contributed by atoms with van der Waals surface area (Å²) in [6, 6.07) is 8.32. The van der Waals surface area contributed by atoms with Crippen LogP contribution in [0.5, 0.6) is 0 Å². The van der Waals surface area contributed by atoms with Gasteiger partial charge in [-0.2, -0.15) is 0 Å². The molecule has 2 aliphatic heterocycles. The number of nitrogens with one attached hydrogen (secondary N) is 1. The lowest BCUT2D eigenvalue weighted by Crippen LogP contribution is -2.41. The number of aromatic nitrogens is 2. The Balaban J connectivity index is 1.25. The summed E-state index contributed by atoms with van der Waals surface area (Å²) in [5.41, 5.74) is 2.96. The quantitative estimate of drug-likeness (QED) is 0.660. The Hall–Kier alpha value is -2.02. The van der Waals surface area contributed by atoms with Gasteiger partial charge < -0.3 is 10.2 Å². The van der Waals surface area contributed by atoms with Crippen molar-refractivity contribution in [3.05, 3.63) is 57.3 Å². The Labute approximate surface area is 184 Å². The topological polar surface area (TPSA) is 58.1 Å². The number of nitrogens with zero attached hydrogens (tertiary/aromatic N) is 3. The van der Waals surface area contributed by atoms with Crippen molar-refractivity contribution in [2.45, 2.75) is 37.6 Å². The number of fused-ring (bicyclic) bond motifs is 3. The molecule has 1 saturated carbocycles. The lowest BCUT2D eigenvalue weighted by Gasteiger charge is -2.25. The summed E-state index contributed by atoms with van der Waals surface area (Å²) in [4.78, 5) is 25.5. The average Bonchev–Trinajstić information content (AvgIpc) is 3.28. The zero-order valence-electron chi connectivity index (χ0n) is 16.8. The van der Waals surface area contributed by atoms with Gasteiger partial charge in [0.15, 0.2) is 0 Å². The van der Waals surface area contributed by atoms with E-state index in [0.717, 1.165) is 59.8 Å². The van der Waals surface area contributed by atoms with Crippen LogP contribution in [-0.4, -0.2) is 46.5 Å². The van der Waals surface area contributed by atoms with Gasteiger partial charge >= 0.3 is 0 Å². The van der Waals surface area contributed by atoms with E-state index in [1.54, 1.807) is 11.3 Å². The van der Waals surface area contributed by atoms with Gasteiger partial charge in [-0.1, -0.05) is 17.7 Å². The maximum absolute atomic E-state index is 13.1. The highest BCUT2D eigenvalue weighted by atomic mass is 35.5. The smallest absolute Gasteiger partial charge is 0.254 e. The summed E-state index contributed by atoms with van der Waals surface area (Å²) in [6.07, 6.45) is 2.15. The molecule has 1 aromatic carbocycles. The predicted octanol–water partition coefficient (Wildman–Crippen LogP) is 4.36. The van der Waals surface area contributed by atoms with Crippen molar-refractivity contribution in [3.63, 3.8) is 0 Å². The number of piperidine rings is 1. The van der Waals surface area contributed by atoms with Gasteiger partial charge in [0.25, 0.3) is 5.91 Å². The molecule has 2 aromatic heterocycles. The van der Waals surface area contributed by atoms with Crippen LogP contribution < -0.4 is 5.32 Å². The SMILES string of the molecule is Cc1nc(C2CC2c2ccc(C(=O)N3CC4CNCC3C4)cc2Cl)c2ccsc2n1. The zero-order valence-corrected chi connectivity index (χ0v) is 18.3. The highest BCUT2D eigenvalue weighted by molar-refractivity contribution is 7.16. The van der Waals surface area contributed by atoms with Crippen LogP contribution in [0.4, 0.5) is 0 Å². The second kappa shape index (κ2) is 7.01. The summed E-state index contributed by atoms with van der Waals surface area (Å²) in [7, 11) is 0. The van der Waals surface area contributed by atoms with Crippen molar-refractivity contribution < 1.29 is 4.79 Å². The molecule has 0 spiro atoms. The van der Waals surface area contributed by atoms with Crippen molar-refractivity contribution in [1.29, 1.82) is 0 Å². The van der Waals surface area contributed by atoms with Crippen LogP contribution in [0.2, 0.25) is 5.02 Å². The lowest BCUT2D eigenvalue weighted by atomic mass is 10.0. The first-order valence-corrected chi connectivity index (χ1v) is 11.9. The highest BCUT2D eigenvalue weighted by Crippen LogP contribution is 2.57. The molecule has 0 radical (unpaired) electrons. The van der Waals surface area contributed by atoms with E-state index in [9.17, 15) is 4.79 Å². The minimum absolute atomic E-state index is 0.110. The van der Waals surface area contributed by atoms with E-state index in [-0.39, 0.29) is 5.91 Å². The van der Waals surface area contributed by atoms with E-state index >= 15 is 0 Å². The van der Waals surface area contributed by atoms with Crippen molar-refractivity contribution >= 4 is 39.1 Å². The van der Waals surface area contributed by atoms with Crippen LogP contribution in [-0.2, 0) is 0 Å². The molecule has 2 saturated heterocycles. The third-order valence-corrected chi connectivity index (χ3v) is 7.96. The molecule has 3 aliphatic rings. The van der Waals surface area contributed by atoms with E-state index in [0.29, 0.717) is 34.4 Å². The van der Waals surface area contributed by atoms with E-state index in [4.69, 9.17) is 16.6 Å². The summed E-state index contributed by atoms with van der Waals surface area (Å²) in [6.45, 7) is 4.72. The number of carbonyl (C=O) groups is 1. The Morgan fingerprint density at radius 3 is 2.93 bits per heavy atom. The molecule has 4 atom stereocenters. The summed E-state index contributed by atoms with van der Waals surface area (Å²) in [5, 5.41) is 7.37. The first-order valence-electron chi connectivity index (χ1n) is 10.6. The largest absolute Gasteiger partial charge is 0.334 e. The van der Waals surface area contributed by atoms with E-state index in [2.05, 4.69) is 27.8 Å². The van der Waals surface area contributed by atoms with Gasteiger partial charge in [0.05, 0.1) is 5.69 Å². The second-order valence-corrected chi connectivity index (χ2v) is 10.2. The monoisotopic (exact) mass is 438 g/mol. The van der Waals surface area contributed by atoms with Crippen molar-refractivity contribution in [2.24, 2.45) is 5.92 Å². The summed E-state index contributed by atoms with van der Waals surface area (Å²) >= 11 is 8.35. The van der Waals surface area contributed by atoms with Crippen molar-refractivity contribution in [1.82, 2.24) is 20.2 Å². The fourth-order valence-electron chi connectivity index (χ4n) is 5.30. The normalized spacial score (nSPS) is 27.6. The molecule has 6 rings (SSSR count). The first-order chi connectivity index (χ1) is 14.6. The maximum Gasteiger partial charge on any atom is 0.254 e. The third-order valence-electron chi connectivity index (χ3n) is 6.83. The van der Waals surface area contributed by atoms with Gasteiger partial charge in [0.1, 0.15) is 10.7 Å². The summed E-state index contributed by atoms with van der Waals surface area (Å²) < 4.78 is 0. The fraction of sp³-hybridized carbons (Fsp3) is 0.435. The van der Waals surface area contributed by atoms with Crippen LogP contribution >= 0.6 is 22.9 Å². The van der Waals surface area contributed by atoms with E-state index in [1.165, 1.54) is 0 Å². The molecule has 154 valence electrons. The standard InChI is InChI=1S/C23H23ClN4OS/c1-12-26-21(17-4-5-30-22(17)27-12)19-8-18(19)16-3-2-14(7-20(16)24)23(29)28-11-13-6-15(28)10-25-9-13/h2-5,7,13,15,18-19,25H,6,8-11H2,1H3. The van der Waals surface area contributed by atoms with Gasteiger partial charge in [0.2, 0.25) is 0 Å². The number of benzene rings is 1. The van der Waals surface area contributed by atoms with E-state index in [1.807, 2.05) is 24.0 Å². The van der Waals surface area contributed by atoms with Gasteiger partial charge in [-0.3, -0.25) is 4.79 Å². The third kappa shape index (κ3) is 3.04. The predicted molar refractivity (Wildman–Crippen MR) is 120 cm³/mol. The van der Waals surface area contributed by atoms with Gasteiger partial charge in [-0.25, -0.2) is 9.97 Å². The Bertz CT molecular complexity index is 1160. The molecule has 3 aromatic rings. The number of halogens is 1. The van der Waals surface area contributed by atoms with Gasteiger partial charge in [-0.15, -0.1) is 11.3 Å². The number of hydrogen-bond donors (Lipinski definition) is 1. The Kier molecular flexibility index (Phi) is 4.37. The van der Waals surface area contributed by atoms with Crippen molar-refractivity contribution in [3.8, 4) is 0 Å². The van der Waals surface area contributed by atoms with E-state index < -0.39 is 0 Å². The Morgan fingerprint density at radius 1 is 1.20 bits per heavy atom. The lowest BCUT2D eigenvalue weighted by molar-refractivity contribution is 0.0740. The average molecular weight is 439 g/mol. The molecule has 30 heavy (non-hydrogen) atoms. The van der Waals surface area contributed by atoms with Crippen LogP contribution in [0.25, 0.3) is 10.2 Å². The molecule has 1 N–H and O–H groups in total. The number of likely N-dealkylation sites (tertiary alicyclic amines) is 1. The molecule has 2 bridgehead atoms. The van der Waals surface area contributed by atoms with Crippen molar-refractivity contribution in [2.75, 3.05) is 19.6 Å². The summed E-state index contributed by atoms with van der Waals surface area (Å²) in [5.74, 6) is 2.24. The van der Waals surface area contributed by atoms with Gasteiger partial charge in [-0.05, 0) is 67.3 Å². The maximum atomic E-state index is 13.1. The number of carbonyl (C=O) groups excluding carboxylic acids is 1. The molecule has 5 nitrogen and oxygen atoms in total. The number of amides is 1. The van der Waals surface area contributed by atoms with Crippen LogP contribution in [0.3, 0.4) is 0 Å². The number of hydrogen-bond acceptors (Lipinski definition) is 5. The Morgan fingerprint density at radius 2 is 2.10 bits per heavy atom. The van der Waals surface area contributed by atoms with Crippen LogP contribution in [0, 0.1) is 12.8 Å². The fourth-order valence-corrected chi connectivity index (χ4v) is 6.44. The zero-order chi connectivity index (χ0) is 20.4. The minimum Gasteiger partial charge on any atom is -0.334 e. The molecule has 7 heteroatoms. The first kappa shape index (κ1) is 18.7.